The fourth-order valence-corrected chi connectivity index (χ4v) is 3.05. The maximum absolute atomic E-state index is 12.9. The molecular formula is C19H24FNOS. The Morgan fingerprint density at radius 1 is 1.04 bits per heavy atom. The van der Waals surface area contributed by atoms with Gasteiger partial charge in [0.1, 0.15) is 12.1 Å². The van der Waals surface area contributed by atoms with Crippen molar-refractivity contribution in [3.63, 3.8) is 0 Å². The summed E-state index contributed by atoms with van der Waals surface area (Å²) >= 11 is -0.908. The SMILES string of the molecule is CC(Cc1ccc(F)cc1)NCCCc1ccc([S+](C)[O-])cc1. The van der Waals surface area contributed by atoms with Crippen LogP contribution in [0.2, 0.25) is 0 Å². The topological polar surface area (TPSA) is 35.1 Å². The lowest BCUT2D eigenvalue weighted by atomic mass is 10.1. The number of nitrogens with one attached hydrogen (secondary N) is 1. The van der Waals surface area contributed by atoms with E-state index in [1.165, 1.54) is 17.7 Å². The molecule has 0 aliphatic rings. The van der Waals surface area contributed by atoms with Crippen LogP contribution in [0.3, 0.4) is 0 Å². The molecule has 2 atom stereocenters. The molecule has 0 fully saturated rings. The van der Waals surface area contributed by atoms with Crippen LogP contribution in [0, 0.1) is 5.82 Å². The van der Waals surface area contributed by atoms with Crippen molar-refractivity contribution >= 4 is 11.2 Å². The van der Waals surface area contributed by atoms with Gasteiger partial charge < -0.3 is 9.87 Å². The van der Waals surface area contributed by atoms with Gasteiger partial charge >= 0.3 is 0 Å². The molecule has 4 heteroatoms. The van der Waals surface area contributed by atoms with Gasteiger partial charge in [0.2, 0.25) is 0 Å². The van der Waals surface area contributed by atoms with Crippen LogP contribution in [-0.4, -0.2) is 23.4 Å². The maximum Gasteiger partial charge on any atom is 0.152 e. The van der Waals surface area contributed by atoms with E-state index in [0.717, 1.165) is 36.3 Å². The van der Waals surface area contributed by atoms with Gasteiger partial charge in [-0.15, -0.1) is 0 Å². The molecule has 0 saturated carbocycles. The van der Waals surface area contributed by atoms with Crippen LogP contribution in [0.15, 0.2) is 53.4 Å². The lowest BCUT2D eigenvalue weighted by Crippen LogP contribution is -2.29. The lowest BCUT2D eigenvalue weighted by molar-refractivity contribution is 0.533. The Kier molecular flexibility index (Phi) is 7.09. The average molecular weight is 333 g/mol. The quantitative estimate of drug-likeness (QED) is 0.590. The molecule has 0 saturated heterocycles. The highest BCUT2D eigenvalue weighted by Crippen LogP contribution is 2.11. The first-order valence-electron chi connectivity index (χ1n) is 7.95. The molecule has 2 unspecified atom stereocenters. The third-order valence-electron chi connectivity index (χ3n) is 3.85. The Morgan fingerprint density at radius 3 is 2.26 bits per heavy atom. The zero-order chi connectivity index (χ0) is 16.7. The molecule has 2 rings (SSSR count). The summed E-state index contributed by atoms with van der Waals surface area (Å²) in [6.45, 7) is 3.10. The van der Waals surface area contributed by atoms with E-state index in [4.69, 9.17) is 0 Å². The van der Waals surface area contributed by atoms with Gasteiger partial charge in [-0.2, -0.15) is 0 Å². The van der Waals surface area contributed by atoms with E-state index in [1.54, 1.807) is 6.26 Å². The van der Waals surface area contributed by atoms with Gasteiger partial charge in [0.05, 0.1) is 0 Å². The van der Waals surface area contributed by atoms with E-state index in [1.807, 2.05) is 24.3 Å². The molecule has 23 heavy (non-hydrogen) atoms. The molecule has 0 spiro atoms. The molecule has 0 bridgehead atoms. The predicted octanol–water partition coefficient (Wildman–Crippen LogP) is 3.72. The Bertz CT molecular complexity index is 583. The van der Waals surface area contributed by atoms with Crippen LogP contribution in [0.25, 0.3) is 0 Å². The first-order chi connectivity index (χ1) is 11.0. The van der Waals surface area contributed by atoms with Crippen LogP contribution < -0.4 is 5.32 Å². The Hall–Kier alpha value is -1.36. The summed E-state index contributed by atoms with van der Waals surface area (Å²) in [5.74, 6) is -0.188. The number of halogens is 1. The molecule has 0 heterocycles. The molecule has 0 amide bonds. The summed E-state index contributed by atoms with van der Waals surface area (Å²) in [6.07, 6.45) is 4.66. The first kappa shape index (κ1) is 18.0. The summed E-state index contributed by atoms with van der Waals surface area (Å²) < 4.78 is 24.2. The third-order valence-corrected chi connectivity index (χ3v) is 4.78. The Morgan fingerprint density at radius 2 is 1.65 bits per heavy atom. The maximum atomic E-state index is 12.9. The van der Waals surface area contributed by atoms with E-state index >= 15 is 0 Å². The van der Waals surface area contributed by atoms with Gasteiger partial charge in [0.25, 0.3) is 0 Å². The molecule has 2 aromatic rings. The number of benzene rings is 2. The normalized spacial score (nSPS) is 13.7. The minimum atomic E-state index is -0.908. The number of rotatable bonds is 8. The van der Waals surface area contributed by atoms with Gasteiger partial charge in [0, 0.05) is 6.04 Å². The second-order valence-corrected chi connectivity index (χ2v) is 7.27. The summed E-state index contributed by atoms with van der Waals surface area (Å²) in [5.41, 5.74) is 2.42. The minimum absolute atomic E-state index is 0.188. The van der Waals surface area contributed by atoms with Crippen LogP contribution >= 0.6 is 0 Å². The van der Waals surface area contributed by atoms with E-state index in [0.29, 0.717) is 6.04 Å². The third kappa shape index (κ3) is 6.34. The number of hydrogen-bond acceptors (Lipinski definition) is 2. The first-order valence-corrected chi connectivity index (χ1v) is 9.50. The predicted molar refractivity (Wildman–Crippen MR) is 94.7 cm³/mol. The van der Waals surface area contributed by atoms with Gasteiger partial charge in [-0.1, -0.05) is 24.3 Å². The van der Waals surface area contributed by atoms with Crippen molar-refractivity contribution in [2.75, 3.05) is 12.8 Å². The van der Waals surface area contributed by atoms with Gasteiger partial charge in [-0.25, -0.2) is 4.39 Å². The number of hydrogen-bond donors (Lipinski definition) is 1. The Labute approximate surface area is 141 Å². The van der Waals surface area contributed by atoms with Crippen molar-refractivity contribution in [2.24, 2.45) is 0 Å². The van der Waals surface area contributed by atoms with Crippen LogP contribution in [0.4, 0.5) is 4.39 Å². The van der Waals surface area contributed by atoms with Crippen LogP contribution in [0.1, 0.15) is 24.5 Å². The second-order valence-electron chi connectivity index (χ2n) is 5.89. The van der Waals surface area contributed by atoms with Crippen molar-refractivity contribution in [2.45, 2.75) is 37.1 Å². The van der Waals surface area contributed by atoms with E-state index in [2.05, 4.69) is 24.4 Å². The smallest absolute Gasteiger partial charge is 0.152 e. The second kappa shape index (κ2) is 9.06. The Balaban J connectivity index is 1.67. The van der Waals surface area contributed by atoms with Crippen molar-refractivity contribution in [3.8, 4) is 0 Å². The molecule has 2 aromatic carbocycles. The van der Waals surface area contributed by atoms with Gasteiger partial charge in [-0.3, -0.25) is 0 Å². The molecule has 0 aliphatic heterocycles. The van der Waals surface area contributed by atoms with Gasteiger partial charge in [-0.05, 0) is 79.3 Å². The van der Waals surface area contributed by atoms with Crippen molar-refractivity contribution in [1.82, 2.24) is 5.32 Å². The molecule has 0 aliphatic carbocycles. The summed E-state index contributed by atoms with van der Waals surface area (Å²) in [5, 5.41) is 3.50. The summed E-state index contributed by atoms with van der Waals surface area (Å²) in [4.78, 5) is 0.875. The van der Waals surface area contributed by atoms with Crippen molar-refractivity contribution in [1.29, 1.82) is 0 Å². The van der Waals surface area contributed by atoms with Crippen molar-refractivity contribution < 1.29 is 8.94 Å². The highest BCUT2D eigenvalue weighted by Gasteiger charge is 2.05. The standard InChI is InChI=1S/C19H24FNOS/c1-15(14-17-5-9-18(20)10-6-17)21-13-3-4-16-7-11-19(12-8-16)23(2)22/h5-12,15,21H,3-4,13-14H2,1-2H3. The van der Waals surface area contributed by atoms with Crippen LogP contribution in [-0.2, 0) is 24.0 Å². The fraction of sp³-hybridized carbons (Fsp3) is 0.368. The average Bonchev–Trinajstić information content (AvgIpc) is 2.54. The zero-order valence-electron chi connectivity index (χ0n) is 13.7. The fourth-order valence-electron chi connectivity index (χ4n) is 2.53. The van der Waals surface area contributed by atoms with Gasteiger partial charge in [0.15, 0.2) is 4.90 Å². The molecule has 1 N–H and O–H groups in total. The molecule has 124 valence electrons. The summed E-state index contributed by atoms with van der Waals surface area (Å²) in [6, 6.07) is 15.1. The zero-order valence-corrected chi connectivity index (χ0v) is 14.5. The summed E-state index contributed by atoms with van der Waals surface area (Å²) in [7, 11) is 0. The minimum Gasteiger partial charge on any atom is -0.612 e. The highest BCUT2D eigenvalue weighted by molar-refractivity contribution is 7.90. The molecule has 0 aromatic heterocycles. The lowest BCUT2D eigenvalue weighted by Gasteiger charge is -2.14. The molecule has 2 nitrogen and oxygen atoms in total. The van der Waals surface area contributed by atoms with E-state index in [-0.39, 0.29) is 5.82 Å². The van der Waals surface area contributed by atoms with Crippen LogP contribution in [0.5, 0.6) is 0 Å². The molecule has 0 radical (unpaired) electrons. The largest absolute Gasteiger partial charge is 0.612 e. The van der Waals surface area contributed by atoms with E-state index in [9.17, 15) is 8.94 Å². The highest BCUT2D eigenvalue weighted by atomic mass is 32.2. The van der Waals surface area contributed by atoms with E-state index < -0.39 is 11.2 Å². The number of aryl methyl sites for hydroxylation is 1. The monoisotopic (exact) mass is 333 g/mol. The van der Waals surface area contributed by atoms with Crippen molar-refractivity contribution in [3.05, 3.63) is 65.5 Å². The molecular weight excluding hydrogens is 309 g/mol.